The van der Waals surface area contributed by atoms with Crippen molar-refractivity contribution < 1.29 is 19.8 Å². The van der Waals surface area contributed by atoms with E-state index in [2.05, 4.69) is 26.1 Å². The first kappa shape index (κ1) is 22.9. The molecule has 0 aliphatic carbocycles. The summed E-state index contributed by atoms with van der Waals surface area (Å²) in [5.41, 5.74) is -0.735. The molecular weight excluding hydrogens is 390 g/mol. The van der Waals surface area contributed by atoms with Crippen LogP contribution in [0.2, 0.25) is 0 Å². The second-order valence-electron chi connectivity index (χ2n) is 8.36. The fourth-order valence-electron chi connectivity index (χ4n) is 3.00. The highest BCUT2D eigenvalue weighted by Gasteiger charge is 2.26. The summed E-state index contributed by atoms with van der Waals surface area (Å²) >= 11 is 0. The number of aliphatic carboxylic acids is 1. The number of carbonyl (C=O) groups is 2. The Kier molecular flexibility index (Phi) is 6.54. The van der Waals surface area contributed by atoms with Crippen LogP contribution in [0.5, 0.6) is 5.88 Å². The van der Waals surface area contributed by atoms with Crippen molar-refractivity contribution >= 4 is 11.9 Å². The lowest BCUT2D eigenvalue weighted by Gasteiger charge is -2.20. The van der Waals surface area contributed by atoms with E-state index in [-0.39, 0.29) is 12.0 Å². The molecule has 0 radical (unpaired) electrons. The molecule has 1 aromatic heterocycles. The van der Waals surface area contributed by atoms with Crippen LogP contribution in [0.1, 0.15) is 62.1 Å². The number of benzene rings is 1. The number of amides is 1. The number of nitrogens with one attached hydrogen (secondary N) is 1. The van der Waals surface area contributed by atoms with E-state index in [0.717, 1.165) is 14.7 Å². The van der Waals surface area contributed by atoms with Gasteiger partial charge in [-0.05, 0) is 30.4 Å². The Morgan fingerprint density at radius 3 is 2.13 bits per heavy atom. The van der Waals surface area contributed by atoms with Gasteiger partial charge in [0.15, 0.2) is 5.56 Å². The number of carboxylic acids is 1. The van der Waals surface area contributed by atoms with E-state index in [0.29, 0.717) is 5.56 Å². The van der Waals surface area contributed by atoms with Crippen LogP contribution in [0.25, 0.3) is 0 Å². The second kappa shape index (κ2) is 8.56. The predicted octanol–water partition coefficient (Wildman–Crippen LogP) is 1.46. The third-order valence-corrected chi connectivity index (χ3v) is 4.65. The Balaban J connectivity index is 2.59. The van der Waals surface area contributed by atoms with E-state index in [9.17, 15) is 24.3 Å². The van der Waals surface area contributed by atoms with Crippen molar-refractivity contribution in [2.45, 2.75) is 52.6 Å². The predicted molar refractivity (Wildman–Crippen MR) is 111 cm³/mol. The maximum absolute atomic E-state index is 12.9. The average Bonchev–Trinajstić information content (AvgIpc) is 2.63. The molecule has 0 saturated heterocycles. The van der Waals surface area contributed by atoms with Crippen molar-refractivity contribution in [3.05, 3.63) is 61.8 Å². The van der Waals surface area contributed by atoms with Gasteiger partial charge in [-0.3, -0.25) is 23.5 Å². The van der Waals surface area contributed by atoms with Gasteiger partial charge in [-0.15, -0.1) is 0 Å². The molecule has 2 rings (SSSR count). The summed E-state index contributed by atoms with van der Waals surface area (Å²) in [4.78, 5) is 48.8. The molecule has 9 nitrogen and oxygen atoms in total. The Morgan fingerprint density at radius 2 is 1.67 bits per heavy atom. The molecule has 0 aliphatic heterocycles. The standard InChI is InChI=1S/C21H27N3O6/c1-12(2)24-19(29)16(17(27)22-10-15(25)26)18(28)23(20(24)30)11-13-6-8-14(9-7-13)21(3,4)5/h6-9,12,29H,10-11H2,1-5H3,(H,22,27)(H,25,26). The minimum atomic E-state index is -1.31. The monoisotopic (exact) mass is 417 g/mol. The van der Waals surface area contributed by atoms with Gasteiger partial charge in [-0.1, -0.05) is 45.0 Å². The fraction of sp³-hybridized carbons (Fsp3) is 0.429. The van der Waals surface area contributed by atoms with Crippen molar-refractivity contribution in [1.82, 2.24) is 14.5 Å². The average molecular weight is 417 g/mol. The topological polar surface area (TPSA) is 131 Å². The van der Waals surface area contributed by atoms with Gasteiger partial charge in [0.25, 0.3) is 11.5 Å². The van der Waals surface area contributed by atoms with Crippen LogP contribution in [0, 0.1) is 0 Å². The maximum Gasteiger partial charge on any atom is 0.334 e. The first-order valence-electron chi connectivity index (χ1n) is 9.52. The quantitative estimate of drug-likeness (QED) is 0.652. The number of rotatable bonds is 6. The molecule has 3 N–H and O–H groups in total. The van der Waals surface area contributed by atoms with Crippen LogP contribution < -0.4 is 16.6 Å². The molecule has 0 atom stereocenters. The Bertz CT molecular complexity index is 1070. The summed E-state index contributed by atoms with van der Waals surface area (Å²) in [6.07, 6.45) is 0. The number of hydrogen-bond acceptors (Lipinski definition) is 5. The summed E-state index contributed by atoms with van der Waals surface area (Å²) in [6.45, 7) is 8.60. The van der Waals surface area contributed by atoms with E-state index in [1.807, 2.05) is 12.1 Å². The molecule has 0 fully saturated rings. The normalized spacial score (nSPS) is 11.5. The third kappa shape index (κ3) is 4.79. The summed E-state index contributed by atoms with van der Waals surface area (Å²) in [5, 5.41) is 21.2. The highest BCUT2D eigenvalue weighted by molar-refractivity contribution is 5.97. The van der Waals surface area contributed by atoms with Crippen LogP contribution in [0.15, 0.2) is 33.9 Å². The van der Waals surface area contributed by atoms with Gasteiger partial charge in [-0.25, -0.2) is 4.79 Å². The molecule has 2 aromatic rings. The molecule has 1 heterocycles. The smallest absolute Gasteiger partial charge is 0.334 e. The third-order valence-electron chi connectivity index (χ3n) is 4.65. The highest BCUT2D eigenvalue weighted by Crippen LogP contribution is 2.22. The molecule has 0 saturated carbocycles. The van der Waals surface area contributed by atoms with Gasteiger partial charge in [0.1, 0.15) is 6.54 Å². The number of aromatic nitrogens is 2. The molecule has 0 unspecified atom stereocenters. The zero-order valence-electron chi connectivity index (χ0n) is 17.7. The lowest BCUT2D eigenvalue weighted by atomic mass is 9.87. The summed E-state index contributed by atoms with van der Waals surface area (Å²) in [5.74, 6) is -3.16. The molecule has 1 amide bonds. The molecule has 162 valence electrons. The molecule has 0 bridgehead atoms. The molecule has 0 spiro atoms. The van der Waals surface area contributed by atoms with Crippen LogP contribution >= 0.6 is 0 Å². The van der Waals surface area contributed by atoms with Crippen molar-refractivity contribution in [2.75, 3.05) is 6.54 Å². The number of carboxylic acid groups (broad SMARTS) is 1. The number of nitrogens with zero attached hydrogens (tertiary/aromatic N) is 2. The van der Waals surface area contributed by atoms with Crippen molar-refractivity contribution in [2.24, 2.45) is 0 Å². The molecule has 9 heteroatoms. The summed E-state index contributed by atoms with van der Waals surface area (Å²) in [6, 6.07) is 6.86. The Labute approximate surface area is 173 Å². The van der Waals surface area contributed by atoms with Crippen LogP contribution in [-0.4, -0.2) is 37.8 Å². The second-order valence-corrected chi connectivity index (χ2v) is 8.36. The van der Waals surface area contributed by atoms with Gasteiger partial charge >= 0.3 is 11.7 Å². The molecular formula is C21H27N3O6. The minimum absolute atomic E-state index is 0.0618. The Hall–Kier alpha value is -3.36. The minimum Gasteiger partial charge on any atom is -0.494 e. The number of aromatic hydroxyl groups is 1. The molecule has 30 heavy (non-hydrogen) atoms. The lowest BCUT2D eigenvalue weighted by Crippen LogP contribution is -2.45. The Morgan fingerprint density at radius 1 is 1.10 bits per heavy atom. The van der Waals surface area contributed by atoms with Crippen molar-refractivity contribution in [3.8, 4) is 5.88 Å². The van der Waals surface area contributed by atoms with Gasteiger partial charge in [-0.2, -0.15) is 0 Å². The molecule has 1 aromatic carbocycles. The van der Waals surface area contributed by atoms with Crippen molar-refractivity contribution in [1.29, 1.82) is 0 Å². The summed E-state index contributed by atoms with van der Waals surface area (Å²) in [7, 11) is 0. The van der Waals surface area contributed by atoms with Gasteiger partial charge in [0.05, 0.1) is 6.54 Å². The van der Waals surface area contributed by atoms with Crippen LogP contribution in [-0.2, 0) is 16.8 Å². The van der Waals surface area contributed by atoms with E-state index in [1.54, 1.807) is 26.0 Å². The highest BCUT2D eigenvalue weighted by atomic mass is 16.4. The SMILES string of the molecule is CC(C)n1c(O)c(C(=O)NCC(=O)O)c(=O)n(Cc2ccc(C(C)(C)C)cc2)c1=O. The van der Waals surface area contributed by atoms with Crippen LogP contribution in [0.4, 0.5) is 0 Å². The van der Waals surface area contributed by atoms with Gasteiger partial charge in [0, 0.05) is 6.04 Å². The zero-order chi connectivity index (χ0) is 22.8. The number of hydrogen-bond donors (Lipinski definition) is 3. The lowest BCUT2D eigenvalue weighted by molar-refractivity contribution is -0.135. The van der Waals surface area contributed by atoms with E-state index >= 15 is 0 Å². The first-order valence-corrected chi connectivity index (χ1v) is 9.52. The van der Waals surface area contributed by atoms with E-state index in [1.165, 1.54) is 0 Å². The largest absolute Gasteiger partial charge is 0.494 e. The van der Waals surface area contributed by atoms with E-state index in [4.69, 9.17) is 5.11 Å². The molecule has 0 aliphatic rings. The van der Waals surface area contributed by atoms with Crippen LogP contribution in [0.3, 0.4) is 0 Å². The van der Waals surface area contributed by atoms with Gasteiger partial charge in [0.2, 0.25) is 5.88 Å². The van der Waals surface area contributed by atoms with E-state index < -0.39 is 47.2 Å². The zero-order valence-corrected chi connectivity index (χ0v) is 17.7. The fourth-order valence-corrected chi connectivity index (χ4v) is 3.00. The summed E-state index contributed by atoms with van der Waals surface area (Å²) < 4.78 is 1.79. The van der Waals surface area contributed by atoms with Crippen molar-refractivity contribution in [3.63, 3.8) is 0 Å². The number of carbonyl (C=O) groups excluding carboxylic acids is 1. The van der Waals surface area contributed by atoms with Gasteiger partial charge < -0.3 is 15.5 Å². The first-order chi connectivity index (χ1) is 13.8. The maximum atomic E-state index is 12.9.